The fraction of sp³-hybridized carbons (Fsp3) is 0.516. The van der Waals surface area contributed by atoms with Crippen LogP contribution in [-0.2, 0) is 40.0 Å². The van der Waals surface area contributed by atoms with E-state index in [1.165, 1.54) is 4.90 Å². The number of fused-ring (bicyclic) bond motifs is 1. The van der Waals surface area contributed by atoms with Gasteiger partial charge in [0.05, 0.1) is 6.04 Å². The number of hydrogen-bond donors (Lipinski definition) is 8. The van der Waals surface area contributed by atoms with Gasteiger partial charge in [-0.25, -0.2) is 4.79 Å². The number of primary amides is 2. The van der Waals surface area contributed by atoms with Gasteiger partial charge in [-0.05, 0) is 56.7 Å². The summed E-state index contributed by atoms with van der Waals surface area (Å²) in [4.78, 5) is 93.1. The average Bonchev–Trinajstić information content (AvgIpc) is 3.82. The van der Waals surface area contributed by atoms with E-state index in [4.69, 9.17) is 11.5 Å². The molecule has 5 atom stereocenters. The summed E-state index contributed by atoms with van der Waals surface area (Å²) in [6.45, 7) is 0.788. The molecule has 0 aliphatic carbocycles. The fourth-order valence-electron chi connectivity index (χ4n) is 6.04. The molecule has 10 N–H and O–H groups in total. The molecule has 0 saturated carbocycles. The number of nitrogens with zero attached hydrogens (tertiary/aromatic N) is 1. The Labute approximate surface area is 270 Å². The second-order valence-electron chi connectivity index (χ2n) is 11.9. The molecule has 1 aromatic heterocycles. The number of likely N-dealkylation sites (tertiary alicyclic amines) is 1. The lowest BCUT2D eigenvalue weighted by Gasteiger charge is -2.30. The van der Waals surface area contributed by atoms with Crippen molar-refractivity contribution in [3.05, 3.63) is 36.0 Å². The number of rotatable bonds is 16. The average molecular weight is 655 g/mol. The summed E-state index contributed by atoms with van der Waals surface area (Å²) in [7, 11) is 0. The molecule has 16 nitrogen and oxygen atoms in total. The van der Waals surface area contributed by atoms with Gasteiger partial charge in [-0.2, -0.15) is 0 Å². The molecule has 4 rings (SSSR count). The van der Waals surface area contributed by atoms with E-state index in [2.05, 4.69) is 26.3 Å². The molecule has 0 spiro atoms. The topological polar surface area (TPSA) is 259 Å². The number of nitrogens with one attached hydrogen (secondary N) is 5. The van der Waals surface area contributed by atoms with Crippen LogP contribution in [0.2, 0.25) is 0 Å². The number of aliphatic carboxylic acids is 1. The van der Waals surface area contributed by atoms with Gasteiger partial charge in [-0.15, -0.1) is 0 Å². The minimum absolute atomic E-state index is 0.00215. The van der Waals surface area contributed by atoms with E-state index >= 15 is 0 Å². The normalized spacial score (nSPS) is 19.4. The van der Waals surface area contributed by atoms with Gasteiger partial charge in [0, 0.05) is 42.9 Å². The number of nitrogens with two attached hydrogens (primary N) is 2. The second-order valence-corrected chi connectivity index (χ2v) is 11.9. The molecule has 3 heterocycles. The smallest absolute Gasteiger partial charge is 0.326 e. The molecule has 1 aromatic carbocycles. The fourth-order valence-corrected chi connectivity index (χ4v) is 6.04. The molecule has 6 amide bonds. The van der Waals surface area contributed by atoms with Crippen molar-refractivity contribution in [3.8, 4) is 0 Å². The van der Waals surface area contributed by atoms with Crippen molar-refractivity contribution in [2.24, 2.45) is 11.5 Å². The van der Waals surface area contributed by atoms with Crippen LogP contribution in [0, 0.1) is 0 Å². The zero-order valence-corrected chi connectivity index (χ0v) is 26.0. The van der Waals surface area contributed by atoms with Crippen LogP contribution in [0.3, 0.4) is 0 Å². The van der Waals surface area contributed by atoms with Crippen LogP contribution in [0.15, 0.2) is 30.5 Å². The lowest BCUT2D eigenvalue weighted by Crippen LogP contribution is -2.58. The SMILES string of the molecule is NC(=O)CC[C@H](NC(=O)[C@@H]1CCCN1)C(=O)N[C@@H](CCC(N)=O)C(=O)N1CCC[C@H]1C(=O)N[C@@H](Cc1c[nH]c2ccccc12)C(=O)O. The highest BCUT2D eigenvalue weighted by Gasteiger charge is 2.40. The van der Waals surface area contributed by atoms with Gasteiger partial charge in [0.25, 0.3) is 0 Å². The summed E-state index contributed by atoms with van der Waals surface area (Å²) in [6.07, 6.45) is 2.92. The number of carbonyl (C=O) groups is 7. The van der Waals surface area contributed by atoms with Gasteiger partial charge in [-0.3, -0.25) is 28.8 Å². The molecule has 2 saturated heterocycles. The predicted molar refractivity (Wildman–Crippen MR) is 168 cm³/mol. The molecular formula is C31H42N8O8. The largest absolute Gasteiger partial charge is 0.480 e. The standard InChI is InChI=1S/C31H42N8O8/c32-25(40)11-9-21(36-27(42)20-7-3-13-34-20)28(43)37-22(10-12-26(33)41)30(45)39-14-4-8-24(39)29(44)38-23(31(46)47)15-17-16-35-19-6-2-1-5-18(17)19/h1-2,5-6,16,20-24,34-35H,3-4,7-15H2,(H2,32,40)(H2,33,41)(H,36,42)(H,37,43)(H,38,44)(H,46,47)/t20-,21-,22-,23-,24-/m0/s1. The summed E-state index contributed by atoms with van der Waals surface area (Å²) in [5.41, 5.74) is 12.1. The molecular weight excluding hydrogens is 612 g/mol. The number of aromatic nitrogens is 1. The van der Waals surface area contributed by atoms with Crippen molar-refractivity contribution in [2.75, 3.05) is 13.1 Å². The van der Waals surface area contributed by atoms with E-state index in [-0.39, 0.29) is 45.1 Å². The van der Waals surface area contributed by atoms with Crippen LogP contribution < -0.4 is 32.7 Å². The minimum atomic E-state index is -1.30. The summed E-state index contributed by atoms with van der Waals surface area (Å²) in [5.74, 6) is -5.21. The molecule has 47 heavy (non-hydrogen) atoms. The zero-order chi connectivity index (χ0) is 34.1. The van der Waals surface area contributed by atoms with Crippen LogP contribution in [-0.4, -0.2) is 99.7 Å². The van der Waals surface area contributed by atoms with Crippen LogP contribution >= 0.6 is 0 Å². The van der Waals surface area contributed by atoms with Gasteiger partial charge in [-0.1, -0.05) is 18.2 Å². The Balaban J connectivity index is 1.47. The molecule has 2 fully saturated rings. The van der Waals surface area contributed by atoms with E-state index < -0.39 is 71.6 Å². The van der Waals surface area contributed by atoms with Crippen LogP contribution in [0.1, 0.15) is 56.9 Å². The molecule has 254 valence electrons. The predicted octanol–water partition coefficient (Wildman–Crippen LogP) is -1.48. The number of carboxylic acid groups (broad SMARTS) is 1. The lowest BCUT2D eigenvalue weighted by atomic mass is 10.0. The highest BCUT2D eigenvalue weighted by molar-refractivity contribution is 5.96. The maximum absolute atomic E-state index is 13.8. The zero-order valence-electron chi connectivity index (χ0n) is 26.0. The maximum Gasteiger partial charge on any atom is 0.326 e. The van der Waals surface area contributed by atoms with E-state index in [1.54, 1.807) is 6.20 Å². The molecule has 0 bridgehead atoms. The number of H-pyrrole nitrogens is 1. The summed E-state index contributed by atoms with van der Waals surface area (Å²) < 4.78 is 0. The Morgan fingerprint density at radius 2 is 1.55 bits per heavy atom. The van der Waals surface area contributed by atoms with Gasteiger partial charge in [0.15, 0.2) is 0 Å². The van der Waals surface area contributed by atoms with Gasteiger partial charge in [0.1, 0.15) is 24.2 Å². The molecule has 2 aliphatic rings. The van der Waals surface area contributed by atoms with Crippen LogP contribution in [0.5, 0.6) is 0 Å². The summed E-state index contributed by atoms with van der Waals surface area (Å²) >= 11 is 0. The number of carbonyl (C=O) groups excluding carboxylic acids is 6. The highest BCUT2D eigenvalue weighted by Crippen LogP contribution is 2.22. The monoisotopic (exact) mass is 654 g/mol. The lowest BCUT2D eigenvalue weighted by molar-refractivity contribution is -0.145. The Hall–Kier alpha value is -4.99. The third-order valence-corrected chi connectivity index (χ3v) is 8.54. The highest BCUT2D eigenvalue weighted by atomic mass is 16.4. The summed E-state index contributed by atoms with van der Waals surface area (Å²) in [5, 5.41) is 21.5. The first kappa shape index (κ1) is 34.9. The van der Waals surface area contributed by atoms with Gasteiger partial charge < -0.3 is 47.7 Å². The first-order chi connectivity index (χ1) is 22.4. The molecule has 0 unspecified atom stereocenters. The quantitative estimate of drug-likeness (QED) is 0.105. The Morgan fingerprint density at radius 1 is 0.872 bits per heavy atom. The third kappa shape index (κ3) is 9.28. The van der Waals surface area contributed by atoms with E-state index in [9.17, 15) is 38.7 Å². The first-order valence-corrected chi connectivity index (χ1v) is 15.7. The Bertz CT molecular complexity index is 1500. The van der Waals surface area contributed by atoms with Crippen LogP contribution in [0.25, 0.3) is 10.9 Å². The Morgan fingerprint density at radius 3 is 2.21 bits per heavy atom. The molecule has 16 heteroatoms. The van der Waals surface area contributed by atoms with Crippen molar-refractivity contribution >= 4 is 52.3 Å². The van der Waals surface area contributed by atoms with Crippen LogP contribution in [0.4, 0.5) is 0 Å². The van der Waals surface area contributed by atoms with Crippen molar-refractivity contribution in [1.82, 2.24) is 31.2 Å². The van der Waals surface area contributed by atoms with Crippen molar-refractivity contribution < 1.29 is 38.7 Å². The third-order valence-electron chi connectivity index (χ3n) is 8.54. The number of aromatic amines is 1. The van der Waals surface area contributed by atoms with Crippen molar-refractivity contribution in [3.63, 3.8) is 0 Å². The second kappa shape index (κ2) is 16.0. The number of carboxylic acids is 1. The van der Waals surface area contributed by atoms with Crippen molar-refractivity contribution in [1.29, 1.82) is 0 Å². The van der Waals surface area contributed by atoms with Crippen molar-refractivity contribution in [2.45, 2.75) is 88.0 Å². The number of amides is 6. The molecule has 2 aromatic rings. The van der Waals surface area contributed by atoms with Gasteiger partial charge in [0.2, 0.25) is 35.4 Å². The number of para-hydroxylation sites is 1. The number of benzene rings is 1. The molecule has 2 aliphatic heterocycles. The van der Waals surface area contributed by atoms with E-state index in [0.29, 0.717) is 24.9 Å². The van der Waals surface area contributed by atoms with Gasteiger partial charge >= 0.3 is 5.97 Å². The number of hydrogen-bond acceptors (Lipinski definition) is 8. The molecule has 0 radical (unpaired) electrons. The first-order valence-electron chi connectivity index (χ1n) is 15.7. The van der Waals surface area contributed by atoms with E-state index in [1.807, 2.05) is 24.3 Å². The minimum Gasteiger partial charge on any atom is -0.480 e. The summed E-state index contributed by atoms with van der Waals surface area (Å²) in [6, 6.07) is 2.02. The van der Waals surface area contributed by atoms with E-state index in [0.717, 1.165) is 17.3 Å². The maximum atomic E-state index is 13.8. The Kier molecular flexibility index (Phi) is 11.9.